The molecule has 0 radical (unpaired) electrons. The zero-order valence-electron chi connectivity index (χ0n) is 16.5. The van der Waals surface area contributed by atoms with Crippen molar-refractivity contribution in [3.63, 3.8) is 0 Å². The molecule has 150 valence electrons. The fourth-order valence-corrected chi connectivity index (χ4v) is 2.60. The summed E-state index contributed by atoms with van der Waals surface area (Å²) >= 11 is 0. The van der Waals surface area contributed by atoms with Crippen molar-refractivity contribution in [2.45, 2.75) is 26.7 Å². The van der Waals surface area contributed by atoms with Gasteiger partial charge in [-0.15, -0.1) is 0 Å². The molecule has 0 aliphatic rings. The number of hydrogen-bond acceptors (Lipinski definition) is 6. The highest BCUT2D eigenvalue weighted by Gasteiger charge is 2.11. The summed E-state index contributed by atoms with van der Waals surface area (Å²) in [6.07, 6.45) is 6.22. The Balaban J connectivity index is 1.68. The molecule has 0 aromatic carbocycles. The fraction of sp³-hybridized carbons (Fsp3) is 0.250. The largest absolute Gasteiger partial charge is 0.455 e. The first-order valence-corrected chi connectivity index (χ1v) is 9.16. The molecule has 9 heteroatoms. The Labute approximate surface area is 168 Å². The van der Waals surface area contributed by atoms with Gasteiger partial charge in [0.2, 0.25) is 5.91 Å². The first-order valence-electron chi connectivity index (χ1n) is 9.16. The van der Waals surface area contributed by atoms with Crippen molar-refractivity contribution >= 4 is 17.8 Å². The van der Waals surface area contributed by atoms with Crippen molar-refractivity contribution < 1.29 is 14.3 Å². The minimum absolute atomic E-state index is 0.291. The Hall–Kier alpha value is -3.75. The van der Waals surface area contributed by atoms with Crippen LogP contribution in [0.2, 0.25) is 0 Å². The molecule has 0 fully saturated rings. The predicted molar refractivity (Wildman–Crippen MR) is 108 cm³/mol. The number of ether oxygens (including phenoxy) is 1. The van der Waals surface area contributed by atoms with Gasteiger partial charge in [0.1, 0.15) is 17.3 Å². The van der Waals surface area contributed by atoms with Crippen LogP contribution in [0, 0.1) is 6.92 Å². The molecule has 0 atom stereocenters. The minimum atomic E-state index is -0.612. The van der Waals surface area contributed by atoms with Crippen LogP contribution in [0.3, 0.4) is 0 Å². The van der Waals surface area contributed by atoms with Crippen LogP contribution in [0.5, 0.6) is 11.5 Å². The van der Waals surface area contributed by atoms with Crippen LogP contribution in [0.1, 0.15) is 25.5 Å². The summed E-state index contributed by atoms with van der Waals surface area (Å²) in [5.41, 5.74) is 2.21. The zero-order valence-corrected chi connectivity index (χ0v) is 16.5. The van der Waals surface area contributed by atoms with Crippen LogP contribution >= 0.6 is 0 Å². The first kappa shape index (κ1) is 20.0. The number of rotatable bonds is 6. The molecule has 9 nitrogen and oxygen atoms in total. The van der Waals surface area contributed by atoms with E-state index < -0.39 is 6.03 Å². The number of amides is 3. The van der Waals surface area contributed by atoms with Gasteiger partial charge < -0.3 is 4.74 Å². The molecule has 3 aromatic rings. The molecule has 29 heavy (non-hydrogen) atoms. The van der Waals surface area contributed by atoms with Gasteiger partial charge in [-0.3, -0.25) is 25.1 Å². The van der Waals surface area contributed by atoms with Crippen molar-refractivity contribution in [2.24, 2.45) is 7.05 Å². The maximum Gasteiger partial charge on any atom is 0.327 e. The van der Waals surface area contributed by atoms with E-state index in [4.69, 9.17) is 4.74 Å². The van der Waals surface area contributed by atoms with E-state index in [0.717, 1.165) is 11.3 Å². The summed E-state index contributed by atoms with van der Waals surface area (Å²) in [4.78, 5) is 32.0. The Morgan fingerprint density at radius 1 is 1.24 bits per heavy atom. The third-order valence-electron chi connectivity index (χ3n) is 3.97. The quantitative estimate of drug-likeness (QED) is 0.663. The van der Waals surface area contributed by atoms with Gasteiger partial charge in [-0.2, -0.15) is 5.10 Å². The molecular formula is C20H22N6O3. The topological polar surface area (TPSA) is 111 Å². The van der Waals surface area contributed by atoms with Gasteiger partial charge in [-0.25, -0.2) is 9.78 Å². The van der Waals surface area contributed by atoms with E-state index in [0.29, 0.717) is 35.9 Å². The SMILES string of the molecule is CCCC(=O)NC(=O)Nc1ccc(Oc2ccnc(-c3cnn(C)c3)c2)c(C)n1. The number of anilines is 1. The number of carbonyl (C=O) groups is 2. The number of hydrogen-bond donors (Lipinski definition) is 2. The minimum Gasteiger partial charge on any atom is -0.455 e. The number of aromatic nitrogens is 4. The molecule has 2 N–H and O–H groups in total. The Kier molecular flexibility index (Phi) is 6.18. The van der Waals surface area contributed by atoms with E-state index in [9.17, 15) is 9.59 Å². The van der Waals surface area contributed by atoms with Crippen molar-refractivity contribution in [1.29, 1.82) is 0 Å². The molecule has 0 bridgehead atoms. The highest BCUT2D eigenvalue weighted by atomic mass is 16.5. The van der Waals surface area contributed by atoms with Gasteiger partial charge in [-0.05, 0) is 31.5 Å². The lowest BCUT2D eigenvalue weighted by Crippen LogP contribution is -2.34. The van der Waals surface area contributed by atoms with Crippen molar-refractivity contribution in [3.05, 3.63) is 48.5 Å². The van der Waals surface area contributed by atoms with E-state index in [1.807, 2.05) is 26.2 Å². The lowest BCUT2D eigenvalue weighted by atomic mass is 10.2. The van der Waals surface area contributed by atoms with Crippen LogP contribution in [0.15, 0.2) is 42.9 Å². The predicted octanol–water partition coefficient (Wildman–Crippen LogP) is 3.43. The van der Waals surface area contributed by atoms with Gasteiger partial charge in [-0.1, -0.05) is 6.92 Å². The first-order chi connectivity index (χ1) is 13.9. The zero-order chi connectivity index (χ0) is 20.8. The lowest BCUT2D eigenvalue weighted by molar-refractivity contribution is -0.119. The molecule has 0 spiro atoms. The lowest BCUT2D eigenvalue weighted by Gasteiger charge is -2.11. The molecule has 0 unspecified atom stereocenters. The Morgan fingerprint density at radius 2 is 2.07 bits per heavy atom. The third-order valence-corrected chi connectivity index (χ3v) is 3.97. The smallest absolute Gasteiger partial charge is 0.327 e. The fourth-order valence-electron chi connectivity index (χ4n) is 2.60. The second-order valence-electron chi connectivity index (χ2n) is 6.41. The molecular weight excluding hydrogens is 372 g/mol. The summed E-state index contributed by atoms with van der Waals surface area (Å²) in [6, 6.07) is 6.26. The van der Waals surface area contributed by atoms with E-state index in [2.05, 4.69) is 25.7 Å². The van der Waals surface area contributed by atoms with Gasteiger partial charge in [0.15, 0.2) is 0 Å². The monoisotopic (exact) mass is 394 g/mol. The molecule has 3 aromatic heterocycles. The molecule has 0 aliphatic carbocycles. The van der Waals surface area contributed by atoms with Crippen LogP contribution < -0.4 is 15.4 Å². The van der Waals surface area contributed by atoms with E-state index in [-0.39, 0.29) is 5.91 Å². The van der Waals surface area contributed by atoms with E-state index in [1.165, 1.54) is 0 Å². The van der Waals surface area contributed by atoms with Gasteiger partial charge in [0.25, 0.3) is 0 Å². The van der Waals surface area contributed by atoms with Crippen molar-refractivity contribution in [3.8, 4) is 22.8 Å². The summed E-state index contributed by atoms with van der Waals surface area (Å²) < 4.78 is 7.63. The van der Waals surface area contributed by atoms with Crippen molar-refractivity contribution in [1.82, 2.24) is 25.1 Å². The summed E-state index contributed by atoms with van der Waals surface area (Å²) in [5.74, 6) is 1.14. The normalized spacial score (nSPS) is 10.4. The number of imide groups is 1. The molecule has 3 rings (SSSR count). The highest BCUT2D eigenvalue weighted by Crippen LogP contribution is 2.27. The Morgan fingerprint density at radius 3 is 2.76 bits per heavy atom. The van der Waals surface area contributed by atoms with Gasteiger partial charge in [0, 0.05) is 37.5 Å². The van der Waals surface area contributed by atoms with E-state index >= 15 is 0 Å². The molecule has 0 saturated carbocycles. The van der Waals surface area contributed by atoms with Gasteiger partial charge >= 0.3 is 6.03 Å². The van der Waals surface area contributed by atoms with Crippen LogP contribution in [0.4, 0.5) is 10.6 Å². The Bertz CT molecular complexity index is 1030. The number of carbonyl (C=O) groups excluding carboxylic acids is 2. The van der Waals surface area contributed by atoms with E-state index in [1.54, 1.807) is 42.2 Å². The number of pyridine rings is 2. The average Bonchev–Trinajstić information content (AvgIpc) is 3.11. The maximum atomic E-state index is 11.8. The van der Waals surface area contributed by atoms with Crippen LogP contribution in [-0.2, 0) is 11.8 Å². The number of urea groups is 1. The summed E-state index contributed by atoms with van der Waals surface area (Å²) in [5, 5.41) is 8.94. The summed E-state index contributed by atoms with van der Waals surface area (Å²) in [6.45, 7) is 3.63. The summed E-state index contributed by atoms with van der Waals surface area (Å²) in [7, 11) is 1.84. The van der Waals surface area contributed by atoms with Crippen LogP contribution in [0.25, 0.3) is 11.3 Å². The molecule has 3 amide bonds. The standard InChI is InChI=1S/C20H22N6O3/c1-4-5-19(27)25-20(28)24-18-7-6-17(13(2)23-18)29-15-8-9-21-16(10-15)14-11-22-26(3)12-14/h6-12H,4-5H2,1-3H3,(H2,23,24,25,27,28). The number of nitrogens with one attached hydrogen (secondary N) is 2. The molecule has 0 aliphatic heterocycles. The van der Waals surface area contributed by atoms with Gasteiger partial charge in [0.05, 0.1) is 17.6 Å². The maximum absolute atomic E-state index is 11.8. The van der Waals surface area contributed by atoms with Crippen molar-refractivity contribution in [2.75, 3.05) is 5.32 Å². The average molecular weight is 394 g/mol. The second-order valence-corrected chi connectivity index (χ2v) is 6.41. The molecule has 3 heterocycles. The molecule has 0 saturated heterocycles. The second kappa shape index (κ2) is 8.96. The number of nitrogens with zero attached hydrogens (tertiary/aromatic N) is 4. The highest BCUT2D eigenvalue weighted by molar-refractivity contribution is 6.00. The van der Waals surface area contributed by atoms with Crippen LogP contribution in [-0.4, -0.2) is 31.7 Å². The number of aryl methyl sites for hydroxylation is 2. The third kappa shape index (κ3) is 5.38.